The van der Waals surface area contributed by atoms with E-state index < -0.39 is 0 Å². The number of anilines is 2. The van der Waals surface area contributed by atoms with E-state index in [1.54, 1.807) is 22.7 Å². The highest BCUT2D eigenvalue weighted by molar-refractivity contribution is 7.16. The average Bonchev–Trinajstić information content (AvgIpc) is 3.12. The van der Waals surface area contributed by atoms with Gasteiger partial charge >= 0.3 is 0 Å². The summed E-state index contributed by atoms with van der Waals surface area (Å²) in [5.74, 6) is 0.810. The fourth-order valence-corrected chi connectivity index (χ4v) is 3.56. The molecule has 0 saturated heterocycles. The van der Waals surface area contributed by atoms with Crippen LogP contribution in [0.15, 0.2) is 47.3 Å². The molecule has 0 aliphatic rings. The van der Waals surface area contributed by atoms with E-state index in [2.05, 4.69) is 66.0 Å². The lowest BCUT2D eigenvalue weighted by Gasteiger charge is -2.17. The van der Waals surface area contributed by atoms with E-state index in [9.17, 15) is 0 Å². The van der Waals surface area contributed by atoms with Crippen LogP contribution in [-0.4, -0.2) is 0 Å². The van der Waals surface area contributed by atoms with Crippen LogP contribution < -0.4 is 4.90 Å². The number of thiophene rings is 2. The van der Waals surface area contributed by atoms with Gasteiger partial charge < -0.3 is 4.90 Å². The van der Waals surface area contributed by atoms with Crippen molar-refractivity contribution in [1.29, 1.82) is 0 Å². The number of hydrogen-bond acceptors (Lipinski definition) is 3. The van der Waals surface area contributed by atoms with Gasteiger partial charge in [-0.15, -0.1) is 22.7 Å². The predicted molar refractivity (Wildman–Crippen MR) is 88.6 cm³/mol. The maximum Gasteiger partial charge on any atom is 0.100 e. The monoisotopic (exact) mass is 291 g/mol. The van der Waals surface area contributed by atoms with Crippen LogP contribution in [0.1, 0.15) is 33.1 Å². The summed E-state index contributed by atoms with van der Waals surface area (Å²) in [6, 6.07) is 8.56. The average molecular weight is 291 g/mol. The van der Waals surface area contributed by atoms with E-state index in [-0.39, 0.29) is 0 Å². The van der Waals surface area contributed by atoms with Gasteiger partial charge in [0.25, 0.3) is 0 Å². The highest BCUT2D eigenvalue weighted by Crippen LogP contribution is 2.33. The normalized spacial score (nSPS) is 11.5. The summed E-state index contributed by atoms with van der Waals surface area (Å²) >= 11 is 3.56. The fourth-order valence-electron chi connectivity index (χ4n) is 2.05. The molecule has 2 aromatic rings. The zero-order valence-corrected chi connectivity index (χ0v) is 13.2. The Morgan fingerprint density at radius 3 is 2.05 bits per heavy atom. The Morgan fingerprint density at radius 2 is 1.63 bits per heavy atom. The lowest BCUT2D eigenvalue weighted by molar-refractivity contribution is 0.499. The second-order valence-electron chi connectivity index (χ2n) is 4.58. The zero-order chi connectivity index (χ0) is 13.5. The first-order valence-electron chi connectivity index (χ1n) is 6.88. The third kappa shape index (κ3) is 3.95. The van der Waals surface area contributed by atoms with Crippen molar-refractivity contribution in [1.82, 2.24) is 0 Å². The Bertz CT molecular complexity index is 433. The van der Waals surface area contributed by atoms with Crippen LogP contribution >= 0.6 is 22.7 Å². The molecule has 2 rings (SSSR count). The Morgan fingerprint density at radius 1 is 1.05 bits per heavy atom. The molecular weight excluding hydrogens is 270 g/mol. The topological polar surface area (TPSA) is 3.24 Å². The molecule has 0 unspecified atom stereocenters. The molecule has 0 aliphatic heterocycles. The Labute approximate surface area is 124 Å². The SMILES string of the molecule is CCC(CC)CC=CN(c1cccs1)c1cccs1. The van der Waals surface area contributed by atoms with Gasteiger partial charge in [-0.3, -0.25) is 0 Å². The first-order valence-corrected chi connectivity index (χ1v) is 8.64. The molecule has 0 amide bonds. The van der Waals surface area contributed by atoms with Crippen molar-refractivity contribution in [2.24, 2.45) is 5.92 Å². The number of rotatable bonds is 7. The maximum atomic E-state index is 2.32. The molecule has 0 N–H and O–H groups in total. The third-order valence-electron chi connectivity index (χ3n) is 3.37. The minimum absolute atomic E-state index is 0.810. The summed E-state index contributed by atoms with van der Waals surface area (Å²) < 4.78 is 0. The van der Waals surface area contributed by atoms with Crippen LogP contribution in [0.5, 0.6) is 0 Å². The summed E-state index contributed by atoms with van der Waals surface area (Å²) in [4.78, 5) is 2.29. The first kappa shape index (κ1) is 14.4. The maximum absolute atomic E-state index is 2.32. The van der Waals surface area contributed by atoms with Gasteiger partial charge in [-0.25, -0.2) is 0 Å². The number of hydrogen-bond donors (Lipinski definition) is 0. The molecule has 0 spiro atoms. The molecule has 3 heteroatoms. The van der Waals surface area contributed by atoms with Gasteiger partial charge in [-0.05, 0) is 47.4 Å². The van der Waals surface area contributed by atoms with Gasteiger partial charge in [0.2, 0.25) is 0 Å². The van der Waals surface area contributed by atoms with Crippen LogP contribution in [0, 0.1) is 5.92 Å². The molecule has 0 radical (unpaired) electrons. The second-order valence-corrected chi connectivity index (χ2v) is 6.43. The zero-order valence-electron chi connectivity index (χ0n) is 11.6. The Hall–Kier alpha value is -1.06. The standard InChI is InChI=1S/C16H21NS2/c1-3-14(4-2)8-5-11-17(15-9-6-12-18-15)16-10-7-13-19-16/h5-7,9-14H,3-4,8H2,1-2H3. The summed E-state index contributed by atoms with van der Waals surface area (Å²) in [5.41, 5.74) is 0. The van der Waals surface area contributed by atoms with Crippen molar-refractivity contribution in [3.8, 4) is 0 Å². The van der Waals surface area contributed by atoms with E-state index in [4.69, 9.17) is 0 Å². The van der Waals surface area contributed by atoms with Crippen molar-refractivity contribution < 1.29 is 0 Å². The van der Waals surface area contributed by atoms with Crippen LogP contribution in [0.4, 0.5) is 10.0 Å². The molecule has 0 aromatic carbocycles. The molecule has 19 heavy (non-hydrogen) atoms. The van der Waals surface area contributed by atoms with E-state index in [1.165, 1.54) is 29.3 Å². The van der Waals surface area contributed by atoms with Gasteiger partial charge in [-0.1, -0.05) is 32.8 Å². The van der Waals surface area contributed by atoms with Gasteiger partial charge in [0.05, 0.1) is 0 Å². The fraction of sp³-hybridized carbons (Fsp3) is 0.375. The molecule has 2 aromatic heterocycles. The predicted octanol–water partition coefficient (Wildman–Crippen LogP) is 6.29. The molecule has 0 aliphatic carbocycles. The lowest BCUT2D eigenvalue weighted by Crippen LogP contribution is -2.05. The van der Waals surface area contributed by atoms with E-state index in [1.807, 2.05) is 0 Å². The van der Waals surface area contributed by atoms with Crippen molar-refractivity contribution >= 4 is 32.7 Å². The van der Waals surface area contributed by atoms with Crippen LogP contribution in [-0.2, 0) is 0 Å². The summed E-state index contributed by atoms with van der Waals surface area (Å²) in [5, 5.41) is 6.82. The lowest BCUT2D eigenvalue weighted by atomic mass is 10.00. The number of allylic oxidation sites excluding steroid dienone is 1. The minimum Gasteiger partial charge on any atom is -0.300 e. The third-order valence-corrected chi connectivity index (χ3v) is 5.10. The summed E-state index contributed by atoms with van der Waals surface area (Å²) in [7, 11) is 0. The van der Waals surface area contributed by atoms with E-state index in [0.717, 1.165) is 5.92 Å². The van der Waals surface area contributed by atoms with Crippen LogP contribution in [0.2, 0.25) is 0 Å². The second kappa shape index (κ2) is 7.51. The molecule has 0 saturated carbocycles. The highest BCUT2D eigenvalue weighted by atomic mass is 32.1. The minimum atomic E-state index is 0.810. The summed E-state index contributed by atoms with van der Waals surface area (Å²) in [6.45, 7) is 4.55. The molecule has 0 fully saturated rings. The van der Waals surface area contributed by atoms with Gasteiger partial charge in [0.1, 0.15) is 10.0 Å². The smallest absolute Gasteiger partial charge is 0.100 e. The molecular formula is C16H21NS2. The molecule has 2 heterocycles. The van der Waals surface area contributed by atoms with E-state index >= 15 is 0 Å². The molecule has 0 atom stereocenters. The summed E-state index contributed by atoms with van der Waals surface area (Å²) in [6.07, 6.45) is 8.24. The van der Waals surface area contributed by atoms with Crippen molar-refractivity contribution in [3.05, 3.63) is 47.3 Å². The first-order chi connectivity index (χ1) is 9.35. The molecule has 102 valence electrons. The van der Waals surface area contributed by atoms with E-state index in [0.29, 0.717) is 0 Å². The van der Waals surface area contributed by atoms with Gasteiger partial charge in [0.15, 0.2) is 0 Å². The Kier molecular flexibility index (Phi) is 5.67. The largest absolute Gasteiger partial charge is 0.300 e. The van der Waals surface area contributed by atoms with Gasteiger partial charge in [0, 0.05) is 6.20 Å². The van der Waals surface area contributed by atoms with Crippen molar-refractivity contribution in [2.75, 3.05) is 4.90 Å². The van der Waals surface area contributed by atoms with Crippen molar-refractivity contribution in [3.63, 3.8) is 0 Å². The van der Waals surface area contributed by atoms with Crippen LogP contribution in [0.3, 0.4) is 0 Å². The van der Waals surface area contributed by atoms with Gasteiger partial charge in [-0.2, -0.15) is 0 Å². The molecule has 1 nitrogen and oxygen atoms in total. The molecule has 0 bridgehead atoms. The quantitative estimate of drug-likeness (QED) is 0.579. The number of nitrogens with zero attached hydrogens (tertiary/aromatic N) is 1. The van der Waals surface area contributed by atoms with Crippen molar-refractivity contribution in [2.45, 2.75) is 33.1 Å². The Balaban J connectivity index is 2.09. The van der Waals surface area contributed by atoms with Crippen LogP contribution in [0.25, 0.3) is 0 Å². The highest BCUT2D eigenvalue weighted by Gasteiger charge is 2.08.